The zero-order chi connectivity index (χ0) is 12.1. The Labute approximate surface area is 105 Å². The first-order valence-electron chi connectivity index (χ1n) is 6.75. The van der Waals surface area contributed by atoms with Gasteiger partial charge in [0.1, 0.15) is 0 Å². The van der Waals surface area contributed by atoms with Crippen molar-refractivity contribution >= 4 is 0 Å². The van der Waals surface area contributed by atoms with Crippen molar-refractivity contribution in [1.82, 2.24) is 5.32 Å². The Hall–Kier alpha value is -0.860. The van der Waals surface area contributed by atoms with Crippen LogP contribution in [0.3, 0.4) is 0 Å². The summed E-state index contributed by atoms with van der Waals surface area (Å²) in [6.07, 6.45) is 6.34. The molecule has 0 amide bonds. The molecule has 1 aliphatic rings. The zero-order valence-electron chi connectivity index (χ0n) is 10.8. The first-order chi connectivity index (χ1) is 8.23. The van der Waals surface area contributed by atoms with E-state index in [2.05, 4.69) is 36.5 Å². The molecular weight excluding hydrogens is 208 g/mol. The summed E-state index contributed by atoms with van der Waals surface area (Å²) in [6, 6.07) is 8.64. The van der Waals surface area contributed by atoms with Gasteiger partial charge in [0.25, 0.3) is 0 Å². The number of benzene rings is 1. The van der Waals surface area contributed by atoms with Crippen molar-refractivity contribution in [2.75, 3.05) is 6.54 Å². The minimum absolute atomic E-state index is 0.357. The van der Waals surface area contributed by atoms with E-state index >= 15 is 0 Å². The summed E-state index contributed by atoms with van der Waals surface area (Å²) >= 11 is 0. The number of nitrogens with one attached hydrogen (secondary N) is 1. The molecule has 0 heterocycles. The van der Waals surface area contributed by atoms with Crippen LogP contribution < -0.4 is 11.1 Å². The average Bonchev–Trinajstić information content (AvgIpc) is 2.76. The SMILES string of the molecule is CC1(NCc2ccccc2CCN)CCCC1. The van der Waals surface area contributed by atoms with E-state index in [1.54, 1.807) is 0 Å². The number of nitrogens with two attached hydrogens (primary N) is 1. The highest BCUT2D eigenvalue weighted by molar-refractivity contribution is 5.27. The highest BCUT2D eigenvalue weighted by Gasteiger charge is 2.27. The molecule has 3 N–H and O–H groups in total. The van der Waals surface area contributed by atoms with E-state index in [0.717, 1.165) is 19.5 Å². The Morgan fingerprint density at radius 2 is 1.82 bits per heavy atom. The Bertz CT molecular complexity index is 354. The molecule has 2 nitrogen and oxygen atoms in total. The highest BCUT2D eigenvalue weighted by Crippen LogP contribution is 2.29. The number of hydrogen-bond donors (Lipinski definition) is 2. The summed E-state index contributed by atoms with van der Waals surface area (Å²) in [5, 5.41) is 3.73. The molecule has 0 aromatic heterocycles. The normalized spacial score (nSPS) is 18.5. The number of rotatable bonds is 5. The van der Waals surface area contributed by atoms with Crippen molar-refractivity contribution in [1.29, 1.82) is 0 Å². The van der Waals surface area contributed by atoms with Gasteiger partial charge in [-0.2, -0.15) is 0 Å². The van der Waals surface area contributed by atoms with Crippen molar-refractivity contribution in [3.8, 4) is 0 Å². The Balaban J connectivity index is 1.98. The summed E-state index contributed by atoms with van der Waals surface area (Å²) in [4.78, 5) is 0. The van der Waals surface area contributed by atoms with Gasteiger partial charge >= 0.3 is 0 Å². The topological polar surface area (TPSA) is 38.0 Å². The molecule has 94 valence electrons. The molecule has 1 fully saturated rings. The predicted molar refractivity (Wildman–Crippen MR) is 72.9 cm³/mol. The molecule has 0 radical (unpaired) electrons. The molecule has 1 aliphatic carbocycles. The van der Waals surface area contributed by atoms with Gasteiger partial charge in [0.05, 0.1) is 0 Å². The maximum Gasteiger partial charge on any atom is 0.0213 e. The van der Waals surface area contributed by atoms with Gasteiger partial charge in [-0.1, -0.05) is 37.1 Å². The van der Waals surface area contributed by atoms with Gasteiger partial charge in [-0.05, 0) is 43.9 Å². The van der Waals surface area contributed by atoms with Gasteiger partial charge < -0.3 is 11.1 Å². The van der Waals surface area contributed by atoms with Gasteiger partial charge in [-0.25, -0.2) is 0 Å². The van der Waals surface area contributed by atoms with Crippen LogP contribution in [0.25, 0.3) is 0 Å². The van der Waals surface area contributed by atoms with Gasteiger partial charge in [-0.3, -0.25) is 0 Å². The van der Waals surface area contributed by atoms with Crippen LogP contribution in [0.15, 0.2) is 24.3 Å². The summed E-state index contributed by atoms with van der Waals surface area (Å²) in [6.45, 7) is 4.06. The molecule has 0 saturated heterocycles. The van der Waals surface area contributed by atoms with Crippen molar-refractivity contribution in [2.24, 2.45) is 5.73 Å². The standard InChI is InChI=1S/C15H24N2/c1-15(9-4-5-10-15)17-12-14-7-3-2-6-13(14)8-11-16/h2-3,6-7,17H,4-5,8-12,16H2,1H3. The molecule has 0 aliphatic heterocycles. The monoisotopic (exact) mass is 232 g/mol. The van der Waals surface area contributed by atoms with E-state index < -0.39 is 0 Å². The van der Waals surface area contributed by atoms with Gasteiger partial charge in [0.2, 0.25) is 0 Å². The van der Waals surface area contributed by atoms with Crippen molar-refractivity contribution in [2.45, 2.75) is 51.1 Å². The molecule has 0 bridgehead atoms. The van der Waals surface area contributed by atoms with E-state index in [9.17, 15) is 0 Å². The molecule has 1 aromatic carbocycles. The molecule has 0 atom stereocenters. The second-order valence-electron chi connectivity index (χ2n) is 5.43. The van der Waals surface area contributed by atoms with Crippen LogP contribution in [-0.2, 0) is 13.0 Å². The molecular formula is C15H24N2. The molecule has 2 rings (SSSR count). The molecule has 17 heavy (non-hydrogen) atoms. The fourth-order valence-electron chi connectivity index (χ4n) is 2.77. The van der Waals surface area contributed by atoms with Gasteiger partial charge in [0, 0.05) is 12.1 Å². The average molecular weight is 232 g/mol. The van der Waals surface area contributed by atoms with Crippen molar-refractivity contribution < 1.29 is 0 Å². The van der Waals surface area contributed by atoms with Crippen molar-refractivity contribution in [3.05, 3.63) is 35.4 Å². The van der Waals surface area contributed by atoms with Crippen molar-refractivity contribution in [3.63, 3.8) is 0 Å². The van der Waals surface area contributed by atoms with E-state index in [-0.39, 0.29) is 0 Å². The van der Waals surface area contributed by atoms with Gasteiger partial charge in [0.15, 0.2) is 0 Å². The maximum atomic E-state index is 5.65. The molecule has 1 aromatic rings. The van der Waals surface area contributed by atoms with Crippen LogP contribution in [-0.4, -0.2) is 12.1 Å². The largest absolute Gasteiger partial charge is 0.330 e. The zero-order valence-corrected chi connectivity index (χ0v) is 10.8. The lowest BCUT2D eigenvalue weighted by Crippen LogP contribution is -2.39. The van der Waals surface area contributed by atoms with Crippen LogP contribution >= 0.6 is 0 Å². The van der Waals surface area contributed by atoms with E-state index in [1.807, 2.05) is 0 Å². The highest BCUT2D eigenvalue weighted by atomic mass is 15.0. The smallest absolute Gasteiger partial charge is 0.0213 e. The lowest BCUT2D eigenvalue weighted by Gasteiger charge is -2.26. The first-order valence-corrected chi connectivity index (χ1v) is 6.75. The van der Waals surface area contributed by atoms with Crippen LogP contribution in [0.2, 0.25) is 0 Å². The first kappa shape index (κ1) is 12.6. The van der Waals surface area contributed by atoms with Crippen LogP contribution in [0.5, 0.6) is 0 Å². The lowest BCUT2D eigenvalue weighted by molar-refractivity contribution is 0.362. The van der Waals surface area contributed by atoms with Crippen LogP contribution in [0.1, 0.15) is 43.7 Å². The Morgan fingerprint density at radius 1 is 1.18 bits per heavy atom. The van der Waals surface area contributed by atoms with Gasteiger partial charge in [-0.15, -0.1) is 0 Å². The quantitative estimate of drug-likeness (QED) is 0.819. The summed E-state index contributed by atoms with van der Waals surface area (Å²) in [5.41, 5.74) is 8.81. The third-order valence-corrected chi connectivity index (χ3v) is 3.94. The van der Waals surface area contributed by atoms with E-state index in [0.29, 0.717) is 5.54 Å². The lowest BCUT2D eigenvalue weighted by atomic mass is 9.98. The van der Waals surface area contributed by atoms with E-state index in [1.165, 1.54) is 36.8 Å². The fraction of sp³-hybridized carbons (Fsp3) is 0.600. The summed E-state index contributed by atoms with van der Waals surface area (Å²) in [7, 11) is 0. The maximum absolute atomic E-state index is 5.65. The summed E-state index contributed by atoms with van der Waals surface area (Å²) < 4.78 is 0. The van der Waals surface area contributed by atoms with Crippen LogP contribution in [0, 0.1) is 0 Å². The number of hydrogen-bond acceptors (Lipinski definition) is 2. The second kappa shape index (κ2) is 5.65. The molecule has 0 unspecified atom stereocenters. The summed E-state index contributed by atoms with van der Waals surface area (Å²) in [5.74, 6) is 0. The predicted octanol–water partition coefficient (Wildman–Crippen LogP) is 2.61. The third-order valence-electron chi connectivity index (χ3n) is 3.94. The van der Waals surface area contributed by atoms with E-state index in [4.69, 9.17) is 5.73 Å². The Kier molecular flexibility index (Phi) is 4.19. The Morgan fingerprint density at radius 3 is 2.47 bits per heavy atom. The molecule has 0 spiro atoms. The third kappa shape index (κ3) is 3.30. The molecule has 2 heteroatoms. The second-order valence-corrected chi connectivity index (χ2v) is 5.43. The minimum Gasteiger partial charge on any atom is -0.330 e. The van der Waals surface area contributed by atoms with Crippen LogP contribution in [0.4, 0.5) is 0 Å². The minimum atomic E-state index is 0.357. The fourth-order valence-corrected chi connectivity index (χ4v) is 2.77. The molecule has 1 saturated carbocycles.